The molecule has 0 spiro atoms. The molecule has 1 aliphatic rings. The summed E-state index contributed by atoms with van der Waals surface area (Å²) in [5.41, 5.74) is 3.31. The van der Waals surface area contributed by atoms with Crippen molar-refractivity contribution in [3.05, 3.63) is 77.9 Å². The Kier molecular flexibility index (Phi) is 5.66. The van der Waals surface area contributed by atoms with Crippen molar-refractivity contribution in [2.24, 2.45) is 0 Å². The van der Waals surface area contributed by atoms with E-state index in [1.165, 1.54) is 25.7 Å². The SMILES string of the molecule is O=C(NCc1ccccc1)c1cc(NCc2ccn(C3CCCC3)n2)ccn1. The summed E-state index contributed by atoms with van der Waals surface area (Å²) in [6.45, 7) is 1.10. The van der Waals surface area contributed by atoms with Gasteiger partial charge in [0.05, 0.1) is 18.3 Å². The molecule has 1 aromatic carbocycles. The van der Waals surface area contributed by atoms with Crippen LogP contribution in [0.15, 0.2) is 60.9 Å². The van der Waals surface area contributed by atoms with Crippen molar-refractivity contribution in [1.82, 2.24) is 20.1 Å². The van der Waals surface area contributed by atoms with Gasteiger partial charge in [-0.05, 0) is 36.6 Å². The Morgan fingerprint density at radius 3 is 2.71 bits per heavy atom. The molecule has 0 atom stereocenters. The van der Waals surface area contributed by atoms with E-state index in [1.807, 2.05) is 36.4 Å². The minimum absolute atomic E-state index is 0.182. The van der Waals surface area contributed by atoms with Gasteiger partial charge in [0.15, 0.2) is 0 Å². The maximum absolute atomic E-state index is 12.4. The van der Waals surface area contributed by atoms with E-state index in [0.29, 0.717) is 24.8 Å². The predicted octanol–water partition coefficient (Wildman–Crippen LogP) is 3.94. The van der Waals surface area contributed by atoms with Gasteiger partial charge in [0.1, 0.15) is 5.69 Å². The van der Waals surface area contributed by atoms with Crippen molar-refractivity contribution in [1.29, 1.82) is 0 Å². The van der Waals surface area contributed by atoms with E-state index in [4.69, 9.17) is 0 Å². The van der Waals surface area contributed by atoms with Gasteiger partial charge in [-0.25, -0.2) is 0 Å². The largest absolute Gasteiger partial charge is 0.379 e. The number of hydrogen-bond acceptors (Lipinski definition) is 4. The summed E-state index contributed by atoms with van der Waals surface area (Å²) in [7, 11) is 0. The third-order valence-corrected chi connectivity index (χ3v) is 5.12. The van der Waals surface area contributed by atoms with Gasteiger partial charge in [0.25, 0.3) is 5.91 Å². The highest BCUT2D eigenvalue weighted by Crippen LogP contribution is 2.28. The van der Waals surface area contributed by atoms with Crippen LogP contribution < -0.4 is 10.6 Å². The Balaban J connectivity index is 1.32. The van der Waals surface area contributed by atoms with Crippen LogP contribution in [0.1, 0.15) is 53.5 Å². The normalized spacial score (nSPS) is 14.1. The van der Waals surface area contributed by atoms with E-state index in [2.05, 4.69) is 37.7 Å². The average Bonchev–Trinajstić information content (AvgIpc) is 3.43. The summed E-state index contributed by atoms with van der Waals surface area (Å²) >= 11 is 0. The average molecular weight is 375 g/mol. The zero-order chi connectivity index (χ0) is 19.2. The van der Waals surface area contributed by atoms with Crippen LogP contribution in [0.3, 0.4) is 0 Å². The fourth-order valence-corrected chi connectivity index (χ4v) is 3.57. The summed E-state index contributed by atoms with van der Waals surface area (Å²) in [6.07, 6.45) is 8.76. The molecule has 1 amide bonds. The van der Waals surface area contributed by atoms with Crippen molar-refractivity contribution in [3.8, 4) is 0 Å². The number of hydrogen-bond donors (Lipinski definition) is 2. The molecule has 0 saturated heterocycles. The smallest absolute Gasteiger partial charge is 0.270 e. The summed E-state index contributed by atoms with van der Waals surface area (Å²) in [5.74, 6) is -0.182. The van der Waals surface area contributed by atoms with Crippen LogP contribution in [0.2, 0.25) is 0 Å². The third kappa shape index (κ3) is 4.57. The van der Waals surface area contributed by atoms with Crippen LogP contribution in [0, 0.1) is 0 Å². The summed E-state index contributed by atoms with van der Waals surface area (Å²) in [5, 5.41) is 10.9. The number of carbonyl (C=O) groups excluding carboxylic acids is 1. The highest BCUT2D eigenvalue weighted by Gasteiger charge is 2.17. The monoisotopic (exact) mass is 375 g/mol. The van der Waals surface area contributed by atoms with Gasteiger partial charge in [-0.1, -0.05) is 43.2 Å². The fraction of sp³-hybridized carbons (Fsp3) is 0.318. The number of carbonyl (C=O) groups is 1. The van der Waals surface area contributed by atoms with Crippen LogP contribution >= 0.6 is 0 Å². The maximum Gasteiger partial charge on any atom is 0.270 e. The van der Waals surface area contributed by atoms with Crippen molar-refractivity contribution in [2.75, 3.05) is 5.32 Å². The first-order valence-electron chi connectivity index (χ1n) is 9.84. The Labute approximate surface area is 165 Å². The Morgan fingerprint density at radius 2 is 1.89 bits per heavy atom. The Morgan fingerprint density at radius 1 is 1.07 bits per heavy atom. The van der Waals surface area contributed by atoms with Crippen LogP contribution in [0.25, 0.3) is 0 Å². The molecular formula is C22H25N5O. The molecule has 4 rings (SSSR count). The molecule has 6 nitrogen and oxygen atoms in total. The lowest BCUT2D eigenvalue weighted by Gasteiger charge is -2.09. The number of benzene rings is 1. The first kappa shape index (κ1) is 18.2. The molecule has 1 fully saturated rings. The van der Waals surface area contributed by atoms with Gasteiger partial charge < -0.3 is 10.6 Å². The van der Waals surface area contributed by atoms with Gasteiger partial charge in [0.2, 0.25) is 0 Å². The molecule has 28 heavy (non-hydrogen) atoms. The second kappa shape index (κ2) is 8.69. The lowest BCUT2D eigenvalue weighted by atomic mass is 10.2. The van der Waals surface area contributed by atoms with Crippen LogP contribution in [-0.2, 0) is 13.1 Å². The predicted molar refractivity (Wildman–Crippen MR) is 109 cm³/mol. The molecule has 2 heterocycles. The molecule has 0 aliphatic heterocycles. The molecular weight excluding hydrogens is 350 g/mol. The number of nitrogens with zero attached hydrogens (tertiary/aromatic N) is 3. The topological polar surface area (TPSA) is 71.8 Å². The Hall–Kier alpha value is -3.15. The van der Waals surface area contributed by atoms with E-state index in [9.17, 15) is 4.79 Å². The van der Waals surface area contributed by atoms with Crippen molar-refractivity contribution in [3.63, 3.8) is 0 Å². The quantitative estimate of drug-likeness (QED) is 0.656. The maximum atomic E-state index is 12.4. The first-order valence-corrected chi connectivity index (χ1v) is 9.84. The molecule has 0 bridgehead atoms. The van der Waals surface area contributed by atoms with E-state index in [-0.39, 0.29) is 5.91 Å². The van der Waals surface area contributed by atoms with Gasteiger partial charge in [-0.2, -0.15) is 5.10 Å². The minimum Gasteiger partial charge on any atom is -0.379 e. The van der Waals surface area contributed by atoms with E-state index < -0.39 is 0 Å². The van der Waals surface area contributed by atoms with Crippen molar-refractivity contribution < 1.29 is 4.79 Å². The van der Waals surface area contributed by atoms with Gasteiger partial charge in [-0.3, -0.25) is 14.5 Å². The summed E-state index contributed by atoms with van der Waals surface area (Å²) in [4.78, 5) is 16.6. The number of amides is 1. The number of anilines is 1. The molecule has 0 unspecified atom stereocenters. The summed E-state index contributed by atoms with van der Waals surface area (Å²) in [6, 6.07) is 16.1. The Bertz CT molecular complexity index is 915. The highest BCUT2D eigenvalue weighted by atomic mass is 16.1. The molecule has 2 aromatic heterocycles. The molecule has 1 aliphatic carbocycles. The molecule has 6 heteroatoms. The third-order valence-electron chi connectivity index (χ3n) is 5.12. The first-order chi connectivity index (χ1) is 13.8. The van der Waals surface area contributed by atoms with Crippen LogP contribution in [0.4, 0.5) is 5.69 Å². The van der Waals surface area contributed by atoms with Crippen molar-refractivity contribution in [2.45, 2.75) is 44.8 Å². The van der Waals surface area contributed by atoms with Gasteiger partial charge in [0, 0.05) is 24.6 Å². The minimum atomic E-state index is -0.182. The zero-order valence-electron chi connectivity index (χ0n) is 15.8. The molecule has 0 radical (unpaired) electrons. The van der Waals surface area contributed by atoms with Gasteiger partial charge >= 0.3 is 0 Å². The van der Waals surface area contributed by atoms with Crippen molar-refractivity contribution >= 4 is 11.6 Å². The molecule has 3 aromatic rings. The van der Waals surface area contributed by atoms with Crippen LogP contribution in [0.5, 0.6) is 0 Å². The van der Waals surface area contributed by atoms with Crippen LogP contribution in [-0.4, -0.2) is 20.7 Å². The zero-order valence-corrected chi connectivity index (χ0v) is 15.8. The number of rotatable bonds is 7. The number of nitrogens with one attached hydrogen (secondary N) is 2. The van der Waals surface area contributed by atoms with E-state index >= 15 is 0 Å². The molecule has 144 valence electrons. The fourth-order valence-electron chi connectivity index (χ4n) is 3.57. The van der Waals surface area contributed by atoms with E-state index in [1.54, 1.807) is 12.3 Å². The molecule has 2 N–H and O–H groups in total. The number of pyridine rings is 1. The van der Waals surface area contributed by atoms with Gasteiger partial charge in [-0.15, -0.1) is 0 Å². The standard InChI is InChI=1S/C22H25N5O/c28-22(25-15-17-6-2-1-3-7-17)21-14-18(10-12-23-21)24-16-19-11-13-27(26-19)20-8-4-5-9-20/h1-3,6-7,10-14,20H,4-5,8-9,15-16H2,(H,23,24)(H,25,28). The number of aromatic nitrogens is 3. The lowest BCUT2D eigenvalue weighted by Crippen LogP contribution is -2.23. The second-order valence-corrected chi connectivity index (χ2v) is 7.18. The molecule has 1 saturated carbocycles. The lowest BCUT2D eigenvalue weighted by molar-refractivity contribution is 0.0946. The second-order valence-electron chi connectivity index (χ2n) is 7.18. The summed E-state index contributed by atoms with van der Waals surface area (Å²) < 4.78 is 2.10. The highest BCUT2D eigenvalue weighted by molar-refractivity contribution is 5.93. The van der Waals surface area contributed by atoms with E-state index in [0.717, 1.165) is 16.9 Å².